The minimum Gasteiger partial charge on any atom is -0.394 e. The van der Waals surface area contributed by atoms with Gasteiger partial charge in [-0.05, 0) is 36.4 Å². The van der Waals surface area contributed by atoms with Gasteiger partial charge in [0, 0.05) is 19.2 Å². The number of hydrogen-bond acceptors (Lipinski definition) is 7. The molecule has 4 rings (SSSR count). The van der Waals surface area contributed by atoms with Crippen LogP contribution in [0, 0.1) is 5.41 Å². The van der Waals surface area contributed by atoms with Gasteiger partial charge in [-0.25, -0.2) is 23.1 Å². The Hall–Kier alpha value is -3.32. The number of sulfonamides is 1. The summed E-state index contributed by atoms with van der Waals surface area (Å²) in [5.41, 5.74) is 9.06. The maximum Gasteiger partial charge on any atom is 0.240 e. The quantitative estimate of drug-likeness (QED) is 0.128. The molecule has 0 aliphatic carbocycles. The maximum absolute atomic E-state index is 12.6. The van der Waals surface area contributed by atoms with E-state index in [4.69, 9.17) is 21.0 Å². The average Bonchev–Trinajstić information content (AvgIpc) is 3.33. The van der Waals surface area contributed by atoms with Crippen molar-refractivity contribution in [2.24, 2.45) is 12.8 Å². The molecule has 0 bridgehead atoms. The van der Waals surface area contributed by atoms with E-state index in [1.807, 2.05) is 11.6 Å². The van der Waals surface area contributed by atoms with Crippen LogP contribution in [0.1, 0.15) is 17.2 Å². The molecule has 0 radical (unpaired) electrons. The zero-order valence-electron chi connectivity index (χ0n) is 18.0. The molecule has 0 amide bonds. The van der Waals surface area contributed by atoms with Gasteiger partial charge in [0.15, 0.2) is 0 Å². The summed E-state index contributed by atoms with van der Waals surface area (Å²) in [5, 5.41) is 16.3. The number of nitrogens with one attached hydrogen (secondary N) is 3. The molecule has 174 valence electrons. The number of ether oxygens (including phenoxy) is 1. The second-order valence-corrected chi connectivity index (χ2v) is 9.24. The second-order valence-electron chi connectivity index (χ2n) is 7.48. The highest BCUT2D eigenvalue weighted by Gasteiger charge is 2.17. The second kappa shape index (κ2) is 9.27. The van der Waals surface area contributed by atoms with Crippen LogP contribution in [-0.4, -0.2) is 65.2 Å². The van der Waals surface area contributed by atoms with E-state index < -0.39 is 10.0 Å². The first-order chi connectivity index (χ1) is 15.8. The van der Waals surface area contributed by atoms with Crippen molar-refractivity contribution in [1.82, 2.24) is 24.2 Å². The Balaban J connectivity index is 1.55. The third-order valence-electron chi connectivity index (χ3n) is 5.20. The molecule has 12 heteroatoms. The zero-order chi connectivity index (χ0) is 23.6. The predicted octanol–water partition coefficient (Wildman–Crippen LogP) is 0.612. The van der Waals surface area contributed by atoms with Gasteiger partial charge in [-0.1, -0.05) is 0 Å². The Morgan fingerprint density at radius 2 is 2.03 bits per heavy atom. The molecule has 0 spiro atoms. The third kappa shape index (κ3) is 4.88. The number of aliphatic hydroxyl groups is 1. The first kappa shape index (κ1) is 22.9. The Kier molecular flexibility index (Phi) is 6.42. The summed E-state index contributed by atoms with van der Waals surface area (Å²) in [7, 11) is -1.85. The smallest absolute Gasteiger partial charge is 0.240 e. The predicted molar refractivity (Wildman–Crippen MR) is 124 cm³/mol. The van der Waals surface area contributed by atoms with Gasteiger partial charge in [0.1, 0.15) is 17.5 Å². The fraction of sp³-hybridized carbons (Fsp3) is 0.286. The van der Waals surface area contributed by atoms with E-state index in [-0.39, 0.29) is 37.1 Å². The SMILES string of the molecule is Cn1c(Cc2nc3ccc(C(=N)N)cc3[nH]2)nc2cc(S(=O)(=O)NCCOCCO)ccc21. The van der Waals surface area contributed by atoms with Crippen LogP contribution in [0.4, 0.5) is 0 Å². The van der Waals surface area contributed by atoms with Gasteiger partial charge in [0.2, 0.25) is 10.0 Å². The van der Waals surface area contributed by atoms with Crippen LogP contribution in [0.2, 0.25) is 0 Å². The van der Waals surface area contributed by atoms with Crippen molar-refractivity contribution in [3.05, 3.63) is 53.6 Å². The highest BCUT2D eigenvalue weighted by Crippen LogP contribution is 2.22. The van der Waals surface area contributed by atoms with E-state index in [2.05, 4.69) is 19.7 Å². The summed E-state index contributed by atoms with van der Waals surface area (Å²) >= 11 is 0. The van der Waals surface area contributed by atoms with Gasteiger partial charge in [-0.2, -0.15) is 0 Å². The van der Waals surface area contributed by atoms with Crippen molar-refractivity contribution in [1.29, 1.82) is 5.41 Å². The topological polar surface area (TPSA) is 172 Å². The molecule has 2 aromatic carbocycles. The van der Waals surface area contributed by atoms with Crippen molar-refractivity contribution in [2.45, 2.75) is 11.3 Å². The summed E-state index contributed by atoms with van der Waals surface area (Å²) in [5.74, 6) is 1.40. The van der Waals surface area contributed by atoms with Gasteiger partial charge in [0.25, 0.3) is 0 Å². The van der Waals surface area contributed by atoms with E-state index in [0.29, 0.717) is 23.3 Å². The maximum atomic E-state index is 12.6. The molecule has 0 fully saturated rings. The number of nitrogens with two attached hydrogens (primary N) is 1. The number of amidine groups is 1. The number of aromatic amines is 1. The fourth-order valence-electron chi connectivity index (χ4n) is 3.52. The van der Waals surface area contributed by atoms with Crippen molar-refractivity contribution in [2.75, 3.05) is 26.4 Å². The first-order valence-corrected chi connectivity index (χ1v) is 11.7. The molecule has 0 atom stereocenters. The molecule has 0 aliphatic rings. The summed E-state index contributed by atoms with van der Waals surface area (Å²) in [6, 6.07) is 10.1. The van der Waals surface area contributed by atoms with Gasteiger partial charge >= 0.3 is 0 Å². The van der Waals surface area contributed by atoms with E-state index in [1.54, 1.807) is 24.3 Å². The van der Waals surface area contributed by atoms with Crippen molar-refractivity contribution < 1.29 is 18.3 Å². The molecule has 6 N–H and O–H groups in total. The van der Waals surface area contributed by atoms with Crippen molar-refractivity contribution in [3.8, 4) is 0 Å². The van der Waals surface area contributed by atoms with Crippen LogP contribution in [0.25, 0.3) is 22.1 Å². The van der Waals surface area contributed by atoms with Crippen LogP contribution >= 0.6 is 0 Å². The third-order valence-corrected chi connectivity index (χ3v) is 6.66. The summed E-state index contributed by atoms with van der Waals surface area (Å²) in [6.07, 6.45) is 0.414. The molecule has 4 aromatic rings. The van der Waals surface area contributed by atoms with Gasteiger partial charge < -0.3 is 25.1 Å². The molecule has 0 aliphatic heterocycles. The minimum absolute atomic E-state index is 0.0127. The lowest BCUT2D eigenvalue weighted by Crippen LogP contribution is -2.27. The first-order valence-electron chi connectivity index (χ1n) is 10.2. The number of rotatable bonds is 10. The van der Waals surface area contributed by atoms with Crippen LogP contribution in [0.3, 0.4) is 0 Å². The van der Waals surface area contributed by atoms with Crippen molar-refractivity contribution >= 4 is 37.9 Å². The number of H-pyrrole nitrogens is 1. The lowest BCUT2D eigenvalue weighted by Gasteiger charge is -2.07. The van der Waals surface area contributed by atoms with Crippen LogP contribution in [0.15, 0.2) is 41.3 Å². The van der Waals surface area contributed by atoms with E-state index in [1.165, 1.54) is 12.1 Å². The van der Waals surface area contributed by atoms with Crippen LogP contribution in [0.5, 0.6) is 0 Å². The molecule has 2 aromatic heterocycles. The number of nitrogen functional groups attached to an aromatic ring is 1. The Labute approximate surface area is 190 Å². The highest BCUT2D eigenvalue weighted by atomic mass is 32.2. The van der Waals surface area contributed by atoms with Gasteiger partial charge in [-0.3, -0.25) is 5.41 Å². The number of aliphatic hydroxyl groups excluding tert-OH is 1. The lowest BCUT2D eigenvalue weighted by atomic mass is 10.2. The fourth-order valence-corrected chi connectivity index (χ4v) is 4.55. The molecule has 33 heavy (non-hydrogen) atoms. The monoisotopic (exact) mass is 471 g/mol. The number of imidazole rings is 2. The normalized spacial score (nSPS) is 12.1. The minimum atomic E-state index is -3.72. The van der Waals surface area contributed by atoms with Crippen LogP contribution in [-0.2, 0) is 28.2 Å². The summed E-state index contributed by atoms with van der Waals surface area (Å²) in [4.78, 5) is 12.5. The van der Waals surface area contributed by atoms with Gasteiger partial charge in [0.05, 0.1) is 53.2 Å². The standard InChI is InChI=1S/C21H25N7O4S/c1-28-18-5-3-14(33(30,31)24-6-8-32-9-7-29)11-17(18)27-20(28)12-19-25-15-4-2-13(21(22)23)10-16(15)26-19/h2-5,10-11,24,29H,6-9,12H2,1H3,(H3,22,23)(H,25,26). The molecule has 0 saturated carbocycles. The lowest BCUT2D eigenvalue weighted by molar-refractivity contribution is 0.0961. The van der Waals surface area contributed by atoms with Crippen molar-refractivity contribution in [3.63, 3.8) is 0 Å². The molecular formula is C21H25N7O4S. The molecule has 2 heterocycles. The average molecular weight is 472 g/mol. The molecule has 0 unspecified atom stereocenters. The van der Waals surface area contributed by atoms with E-state index in [9.17, 15) is 8.42 Å². The molecule has 11 nitrogen and oxygen atoms in total. The number of nitrogens with zero attached hydrogens (tertiary/aromatic N) is 3. The van der Waals surface area contributed by atoms with Gasteiger partial charge in [-0.15, -0.1) is 0 Å². The van der Waals surface area contributed by atoms with Crippen LogP contribution < -0.4 is 10.5 Å². The number of aromatic nitrogens is 4. The van der Waals surface area contributed by atoms with E-state index >= 15 is 0 Å². The number of hydrogen-bond donors (Lipinski definition) is 5. The Morgan fingerprint density at radius 1 is 1.21 bits per heavy atom. The zero-order valence-corrected chi connectivity index (χ0v) is 18.8. The summed E-state index contributed by atoms with van der Waals surface area (Å²) in [6.45, 7) is 0.318. The number of aryl methyl sites for hydroxylation is 1. The highest BCUT2D eigenvalue weighted by molar-refractivity contribution is 7.89. The molecular weight excluding hydrogens is 446 g/mol. The number of fused-ring (bicyclic) bond motifs is 2. The van der Waals surface area contributed by atoms with E-state index in [0.717, 1.165) is 22.4 Å². The summed E-state index contributed by atoms with van der Waals surface area (Å²) < 4.78 is 34.6. The Morgan fingerprint density at radius 3 is 2.79 bits per heavy atom. The Bertz CT molecular complexity index is 1430. The molecule has 0 saturated heterocycles. The number of benzene rings is 2. The largest absolute Gasteiger partial charge is 0.394 e.